The highest BCUT2D eigenvalue weighted by Crippen LogP contribution is 2.26. The van der Waals surface area contributed by atoms with Crippen LogP contribution in [0, 0.1) is 19.7 Å². The fourth-order valence-electron chi connectivity index (χ4n) is 3.16. The number of carbonyl (C=O) groups is 1. The second-order valence-electron chi connectivity index (χ2n) is 6.20. The van der Waals surface area contributed by atoms with Crippen molar-refractivity contribution in [3.63, 3.8) is 0 Å². The second-order valence-corrected chi connectivity index (χ2v) is 6.20. The summed E-state index contributed by atoms with van der Waals surface area (Å²) in [5.74, 6) is -0.561. The largest absolute Gasteiger partial charge is 0.338 e. The van der Waals surface area contributed by atoms with Crippen LogP contribution in [0.1, 0.15) is 39.5 Å². The summed E-state index contributed by atoms with van der Waals surface area (Å²) < 4.78 is 13.7. The maximum Gasteiger partial charge on any atom is 0.325 e. The fourth-order valence-corrected chi connectivity index (χ4v) is 3.16. The van der Waals surface area contributed by atoms with Crippen molar-refractivity contribution in [2.45, 2.75) is 26.2 Å². The number of aryl methyl sites for hydroxylation is 2. The molecule has 1 aromatic heterocycles. The molecule has 24 heavy (non-hydrogen) atoms. The van der Waals surface area contributed by atoms with Gasteiger partial charge >= 0.3 is 5.69 Å². The van der Waals surface area contributed by atoms with Gasteiger partial charge in [0.2, 0.25) is 0 Å². The SMILES string of the molecule is Cc1cc(C(=O)N2CC[C@H](c3cc(=O)[nH]c(=O)[nH]3)C2)cc(C)c1F. The molecule has 2 aromatic rings. The fraction of sp³-hybridized carbons (Fsp3) is 0.353. The molecular formula is C17H18FN3O3. The first-order chi connectivity index (χ1) is 11.3. The Labute approximate surface area is 137 Å². The molecule has 0 unspecified atom stereocenters. The number of amides is 1. The minimum atomic E-state index is -0.549. The van der Waals surface area contributed by atoms with Gasteiger partial charge in [-0.05, 0) is 43.5 Å². The van der Waals surface area contributed by atoms with Crippen molar-refractivity contribution in [3.8, 4) is 0 Å². The molecule has 0 bridgehead atoms. The predicted molar refractivity (Wildman–Crippen MR) is 86.8 cm³/mol. The van der Waals surface area contributed by atoms with E-state index in [1.165, 1.54) is 6.07 Å². The number of benzene rings is 1. The van der Waals surface area contributed by atoms with E-state index in [1.807, 2.05) is 0 Å². The minimum Gasteiger partial charge on any atom is -0.338 e. The molecule has 1 aliphatic rings. The number of likely N-dealkylation sites (tertiary alicyclic amines) is 1. The van der Waals surface area contributed by atoms with Gasteiger partial charge in [0.1, 0.15) is 5.82 Å². The van der Waals surface area contributed by atoms with Crippen LogP contribution in [0.3, 0.4) is 0 Å². The number of hydrogen-bond donors (Lipinski definition) is 2. The Bertz CT molecular complexity index is 865. The number of hydrogen-bond acceptors (Lipinski definition) is 3. The van der Waals surface area contributed by atoms with Gasteiger partial charge in [-0.15, -0.1) is 0 Å². The van der Waals surface area contributed by atoms with E-state index in [-0.39, 0.29) is 17.6 Å². The summed E-state index contributed by atoms with van der Waals surface area (Å²) in [7, 11) is 0. The average molecular weight is 331 g/mol. The van der Waals surface area contributed by atoms with Crippen molar-refractivity contribution in [2.75, 3.05) is 13.1 Å². The Morgan fingerprint density at radius 3 is 2.46 bits per heavy atom. The summed E-state index contributed by atoms with van der Waals surface area (Å²) in [6.07, 6.45) is 0.657. The molecule has 0 saturated carbocycles. The van der Waals surface area contributed by atoms with Gasteiger partial charge in [0.15, 0.2) is 0 Å². The molecule has 6 nitrogen and oxygen atoms in total. The van der Waals surface area contributed by atoms with Crippen LogP contribution in [0.2, 0.25) is 0 Å². The number of halogens is 1. The van der Waals surface area contributed by atoms with E-state index in [9.17, 15) is 18.8 Å². The lowest BCUT2D eigenvalue weighted by atomic mass is 10.0. The van der Waals surface area contributed by atoms with Crippen molar-refractivity contribution in [1.29, 1.82) is 0 Å². The molecule has 1 amide bonds. The summed E-state index contributed by atoms with van der Waals surface area (Å²) in [5, 5.41) is 0. The summed E-state index contributed by atoms with van der Waals surface area (Å²) in [5.41, 5.74) is 0.855. The Kier molecular flexibility index (Phi) is 4.09. The zero-order valence-corrected chi connectivity index (χ0v) is 13.5. The van der Waals surface area contributed by atoms with Crippen LogP contribution in [-0.2, 0) is 0 Å². The maximum atomic E-state index is 13.7. The highest BCUT2D eigenvalue weighted by molar-refractivity contribution is 5.94. The van der Waals surface area contributed by atoms with E-state index in [2.05, 4.69) is 9.97 Å². The van der Waals surface area contributed by atoms with Gasteiger partial charge in [-0.25, -0.2) is 9.18 Å². The first-order valence-electron chi connectivity index (χ1n) is 7.74. The molecule has 1 aliphatic heterocycles. The van der Waals surface area contributed by atoms with Crippen LogP contribution >= 0.6 is 0 Å². The molecule has 2 N–H and O–H groups in total. The maximum absolute atomic E-state index is 13.7. The van der Waals surface area contributed by atoms with Gasteiger partial charge in [-0.1, -0.05) is 0 Å². The highest BCUT2D eigenvalue weighted by atomic mass is 19.1. The molecule has 1 aromatic carbocycles. The van der Waals surface area contributed by atoms with E-state index < -0.39 is 11.2 Å². The molecule has 126 valence electrons. The molecule has 3 rings (SSSR count). The number of aromatic amines is 2. The zero-order valence-electron chi connectivity index (χ0n) is 13.5. The van der Waals surface area contributed by atoms with Crippen LogP contribution < -0.4 is 11.2 Å². The van der Waals surface area contributed by atoms with E-state index in [4.69, 9.17) is 0 Å². The molecular weight excluding hydrogens is 313 g/mol. The summed E-state index contributed by atoms with van der Waals surface area (Å²) in [4.78, 5) is 41.8. The van der Waals surface area contributed by atoms with Gasteiger partial charge in [-0.2, -0.15) is 0 Å². The Hall–Kier alpha value is -2.70. The van der Waals surface area contributed by atoms with Crippen LogP contribution in [-0.4, -0.2) is 33.9 Å². The highest BCUT2D eigenvalue weighted by Gasteiger charge is 2.29. The Morgan fingerprint density at radius 1 is 1.17 bits per heavy atom. The van der Waals surface area contributed by atoms with E-state index in [1.54, 1.807) is 30.9 Å². The molecule has 0 spiro atoms. The molecule has 7 heteroatoms. The standard InChI is InChI=1S/C17H18FN3O3/c1-9-5-12(6-10(2)15(9)18)16(23)21-4-3-11(8-21)13-7-14(22)20-17(24)19-13/h5-7,11H,3-4,8H2,1-2H3,(H2,19,20,22,24)/t11-/m0/s1. The van der Waals surface area contributed by atoms with E-state index in [0.29, 0.717) is 41.9 Å². The number of nitrogens with one attached hydrogen (secondary N) is 2. The zero-order chi connectivity index (χ0) is 17.4. The van der Waals surface area contributed by atoms with Crippen molar-refractivity contribution in [2.24, 2.45) is 0 Å². The molecule has 1 saturated heterocycles. The third-order valence-corrected chi connectivity index (χ3v) is 4.38. The van der Waals surface area contributed by atoms with E-state index >= 15 is 0 Å². The van der Waals surface area contributed by atoms with Crippen LogP contribution in [0.4, 0.5) is 4.39 Å². The number of nitrogens with zero attached hydrogens (tertiary/aromatic N) is 1. The third kappa shape index (κ3) is 3.02. The lowest BCUT2D eigenvalue weighted by molar-refractivity contribution is 0.0790. The topological polar surface area (TPSA) is 86.0 Å². The quantitative estimate of drug-likeness (QED) is 0.873. The first kappa shape index (κ1) is 16.2. The van der Waals surface area contributed by atoms with Crippen LogP contribution in [0.25, 0.3) is 0 Å². The van der Waals surface area contributed by atoms with Gasteiger partial charge in [-0.3, -0.25) is 14.6 Å². The van der Waals surface area contributed by atoms with E-state index in [0.717, 1.165) is 0 Å². The number of rotatable bonds is 2. The first-order valence-corrected chi connectivity index (χ1v) is 7.74. The van der Waals surface area contributed by atoms with Crippen molar-refractivity contribution in [3.05, 3.63) is 67.2 Å². The Morgan fingerprint density at radius 2 is 1.83 bits per heavy atom. The smallest absolute Gasteiger partial charge is 0.325 e. The molecule has 1 fully saturated rings. The summed E-state index contributed by atoms with van der Waals surface area (Å²) in [6.45, 7) is 4.20. The number of H-pyrrole nitrogens is 2. The van der Waals surface area contributed by atoms with Crippen LogP contribution in [0.15, 0.2) is 27.8 Å². The van der Waals surface area contributed by atoms with Gasteiger partial charge in [0.05, 0.1) is 0 Å². The van der Waals surface area contributed by atoms with Crippen molar-refractivity contribution < 1.29 is 9.18 Å². The second kappa shape index (κ2) is 6.07. The minimum absolute atomic E-state index is 0.0911. The monoisotopic (exact) mass is 331 g/mol. The van der Waals surface area contributed by atoms with Gasteiger partial charge in [0, 0.05) is 36.3 Å². The number of carbonyl (C=O) groups excluding carboxylic acids is 1. The normalized spacial score (nSPS) is 17.3. The molecule has 2 heterocycles. The van der Waals surface area contributed by atoms with Crippen molar-refractivity contribution >= 4 is 5.91 Å². The molecule has 0 aliphatic carbocycles. The third-order valence-electron chi connectivity index (χ3n) is 4.38. The van der Waals surface area contributed by atoms with Crippen molar-refractivity contribution in [1.82, 2.24) is 14.9 Å². The lowest BCUT2D eigenvalue weighted by Crippen LogP contribution is -2.29. The predicted octanol–water partition coefficient (Wildman–Crippen LogP) is 1.45. The number of aromatic nitrogens is 2. The summed E-state index contributed by atoms with van der Waals surface area (Å²) >= 11 is 0. The molecule has 1 atom stereocenters. The Balaban J connectivity index is 1.81. The average Bonchev–Trinajstić information content (AvgIpc) is 3.00. The van der Waals surface area contributed by atoms with Gasteiger partial charge < -0.3 is 9.88 Å². The lowest BCUT2D eigenvalue weighted by Gasteiger charge is -2.17. The summed E-state index contributed by atoms with van der Waals surface area (Å²) in [6, 6.07) is 4.45. The molecule has 0 radical (unpaired) electrons. The van der Waals surface area contributed by atoms with Gasteiger partial charge in [0.25, 0.3) is 11.5 Å². The van der Waals surface area contributed by atoms with Crippen LogP contribution in [0.5, 0.6) is 0 Å².